The lowest BCUT2D eigenvalue weighted by atomic mass is 9.80. The molecule has 0 amide bonds. The second-order valence-corrected chi connectivity index (χ2v) is 6.33. The van der Waals surface area contributed by atoms with Crippen molar-refractivity contribution in [3.63, 3.8) is 0 Å². The highest BCUT2D eigenvalue weighted by Crippen LogP contribution is 2.40. The molecule has 2 rings (SSSR count). The van der Waals surface area contributed by atoms with E-state index >= 15 is 0 Å². The van der Waals surface area contributed by atoms with Gasteiger partial charge in [0.15, 0.2) is 0 Å². The molecule has 146 valence electrons. The van der Waals surface area contributed by atoms with Crippen molar-refractivity contribution < 1.29 is 23.5 Å². The van der Waals surface area contributed by atoms with Gasteiger partial charge in [0.25, 0.3) is 0 Å². The molecular weight excluding hydrogens is 351 g/mol. The zero-order valence-electron chi connectivity index (χ0n) is 16.0. The van der Waals surface area contributed by atoms with Crippen molar-refractivity contribution in [2.45, 2.75) is 46.1 Å². The van der Waals surface area contributed by atoms with E-state index in [1.807, 2.05) is 6.92 Å². The number of ether oxygens (including phenoxy) is 2. The highest BCUT2D eigenvalue weighted by molar-refractivity contribution is 6.00. The number of rotatable bonds is 6. The smallest absolute Gasteiger partial charge is 0.338 e. The molecule has 0 radical (unpaired) electrons. The van der Waals surface area contributed by atoms with Crippen molar-refractivity contribution >= 4 is 11.9 Å². The van der Waals surface area contributed by atoms with Crippen molar-refractivity contribution in [1.82, 2.24) is 5.32 Å². The number of carbonyl (C=O) groups excluding carboxylic acids is 2. The first kappa shape index (κ1) is 20.5. The molecule has 1 aliphatic heterocycles. The monoisotopic (exact) mass is 376 g/mol. The van der Waals surface area contributed by atoms with Crippen LogP contribution in [0.25, 0.3) is 0 Å². The van der Waals surface area contributed by atoms with Gasteiger partial charge in [0.2, 0.25) is 0 Å². The molecule has 27 heavy (non-hydrogen) atoms. The molecule has 6 nitrogen and oxygen atoms in total. The first-order valence-corrected chi connectivity index (χ1v) is 8.93. The zero-order chi connectivity index (χ0) is 20.1. The Bertz CT molecular complexity index is 799. The molecule has 0 fully saturated rings. The summed E-state index contributed by atoms with van der Waals surface area (Å²) in [5.74, 6) is -2.87. The third-order valence-electron chi connectivity index (χ3n) is 4.11. The summed E-state index contributed by atoms with van der Waals surface area (Å²) in [7, 11) is 0. The van der Waals surface area contributed by atoms with E-state index in [2.05, 4.69) is 5.32 Å². The van der Waals surface area contributed by atoms with Gasteiger partial charge in [-0.05, 0) is 33.3 Å². The summed E-state index contributed by atoms with van der Waals surface area (Å²) >= 11 is 0. The van der Waals surface area contributed by atoms with Gasteiger partial charge in [-0.1, -0.05) is 25.1 Å². The van der Waals surface area contributed by atoms with Crippen molar-refractivity contribution in [3.8, 4) is 0 Å². The lowest BCUT2D eigenvalue weighted by Crippen LogP contribution is -2.37. The highest BCUT2D eigenvalue weighted by Gasteiger charge is 2.40. The quantitative estimate of drug-likeness (QED) is 0.742. The molecule has 0 aromatic heterocycles. The summed E-state index contributed by atoms with van der Waals surface area (Å²) in [4.78, 5) is 25.4. The molecule has 0 aliphatic carbocycles. The molecule has 1 heterocycles. The fraction of sp³-hybridized carbons (Fsp3) is 0.400. The van der Waals surface area contributed by atoms with Gasteiger partial charge in [-0.25, -0.2) is 14.0 Å². The van der Waals surface area contributed by atoms with Crippen LogP contribution in [0.2, 0.25) is 0 Å². The molecular formula is C20H25FN2O4. The predicted molar refractivity (Wildman–Crippen MR) is 98.7 cm³/mol. The van der Waals surface area contributed by atoms with Crippen LogP contribution in [-0.2, 0) is 19.1 Å². The molecule has 0 spiro atoms. The average Bonchev–Trinajstić information content (AvgIpc) is 2.60. The number of benzene rings is 1. The maximum absolute atomic E-state index is 14.6. The van der Waals surface area contributed by atoms with E-state index in [1.165, 1.54) is 18.2 Å². The van der Waals surface area contributed by atoms with Gasteiger partial charge in [-0.2, -0.15) is 0 Å². The zero-order valence-corrected chi connectivity index (χ0v) is 16.0. The number of allylic oxidation sites excluding steroid dienone is 1. The van der Waals surface area contributed by atoms with Crippen LogP contribution in [-0.4, -0.2) is 24.6 Å². The number of nitrogens with two attached hydrogens (primary N) is 1. The second kappa shape index (κ2) is 8.70. The summed E-state index contributed by atoms with van der Waals surface area (Å²) in [6.45, 7) is 7.04. The average molecular weight is 376 g/mol. The summed E-state index contributed by atoms with van der Waals surface area (Å²) in [5.41, 5.74) is 6.88. The number of halogens is 1. The Morgan fingerprint density at radius 3 is 2.41 bits per heavy atom. The first-order valence-electron chi connectivity index (χ1n) is 8.93. The van der Waals surface area contributed by atoms with E-state index < -0.39 is 23.7 Å². The van der Waals surface area contributed by atoms with Crippen LogP contribution in [0.4, 0.5) is 4.39 Å². The Balaban J connectivity index is 2.71. The van der Waals surface area contributed by atoms with Gasteiger partial charge < -0.3 is 20.5 Å². The van der Waals surface area contributed by atoms with E-state index in [4.69, 9.17) is 15.2 Å². The van der Waals surface area contributed by atoms with E-state index in [9.17, 15) is 14.0 Å². The molecule has 3 N–H and O–H groups in total. The fourth-order valence-corrected chi connectivity index (χ4v) is 3.03. The number of hydrogen-bond acceptors (Lipinski definition) is 6. The van der Waals surface area contributed by atoms with Gasteiger partial charge >= 0.3 is 11.9 Å². The second-order valence-electron chi connectivity index (χ2n) is 6.33. The van der Waals surface area contributed by atoms with E-state index in [0.29, 0.717) is 12.1 Å². The SMILES string of the molecule is CCOC(=O)C1=C(N)NC(CC)=C(C(=O)OC(C)C)C1c1ccccc1F. The van der Waals surface area contributed by atoms with Crippen LogP contribution in [0.15, 0.2) is 46.9 Å². The van der Waals surface area contributed by atoms with Crippen LogP contribution in [0.1, 0.15) is 45.6 Å². The van der Waals surface area contributed by atoms with Gasteiger partial charge in [0, 0.05) is 11.3 Å². The molecule has 1 aliphatic rings. The topological polar surface area (TPSA) is 90.6 Å². The van der Waals surface area contributed by atoms with Gasteiger partial charge in [-0.15, -0.1) is 0 Å². The largest absolute Gasteiger partial charge is 0.463 e. The number of hydrogen-bond donors (Lipinski definition) is 2. The van der Waals surface area contributed by atoms with E-state index in [-0.39, 0.29) is 35.2 Å². The van der Waals surface area contributed by atoms with Crippen LogP contribution in [0, 0.1) is 5.82 Å². The van der Waals surface area contributed by atoms with Crippen LogP contribution in [0.5, 0.6) is 0 Å². The molecule has 1 atom stereocenters. The van der Waals surface area contributed by atoms with Crippen molar-refractivity contribution in [2.24, 2.45) is 5.73 Å². The minimum Gasteiger partial charge on any atom is -0.463 e. The van der Waals surface area contributed by atoms with Crippen molar-refractivity contribution in [1.29, 1.82) is 0 Å². The predicted octanol–water partition coefficient (Wildman–Crippen LogP) is 2.86. The van der Waals surface area contributed by atoms with Crippen LogP contribution in [0.3, 0.4) is 0 Å². The van der Waals surface area contributed by atoms with Gasteiger partial charge in [0.05, 0.1) is 29.8 Å². The maximum atomic E-state index is 14.6. The molecule has 7 heteroatoms. The van der Waals surface area contributed by atoms with Crippen molar-refractivity contribution in [2.75, 3.05) is 6.61 Å². The van der Waals surface area contributed by atoms with Gasteiger partial charge in [0.1, 0.15) is 11.6 Å². The number of carbonyl (C=O) groups is 2. The fourth-order valence-electron chi connectivity index (χ4n) is 3.03. The normalized spacial score (nSPS) is 17.0. The molecule has 1 unspecified atom stereocenters. The molecule has 1 aromatic carbocycles. The maximum Gasteiger partial charge on any atom is 0.338 e. The number of dihydropyridines is 1. The lowest BCUT2D eigenvalue weighted by Gasteiger charge is -2.31. The molecule has 0 saturated heterocycles. The van der Waals surface area contributed by atoms with E-state index in [0.717, 1.165) is 0 Å². The molecule has 1 aromatic rings. The summed E-state index contributed by atoms with van der Waals surface area (Å²) in [6.07, 6.45) is 0.0447. The van der Waals surface area contributed by atoms with Crippen molar-refractivity contribution in [3.05, 3.63) is 58.3 Å². The first-order chi connectivity index (χ1) is 12.8. The Morgan fingerprint density at radius 1 is 1.19 bits per heavy atom. The minimum absolute atomic E-state index is 0.00476. The Hall–Kier alpha value is -2.83. The van der Waals surface area contributed by atoms with Gasteiger partial charge in [-0.3, -0.25) is 0 Å². The summed E-state index contributed by atoms with van der Waals surface area (Å²) < 4.78 is 25.1. The van der Waals surface area contributed by atoms with Crippen LogP contribution < -0.4 is 11.1 Å². The number of nitrogens with one attached hydrogen (secondary N) is 1. The van der Waals surface area contributed by atoms with Crippen LogP contribution >= 0.6 is 0 Å². The third-order valence-corrected chi connectivity index (χ3v) is 4.11. The summed E-state index contributed by atoms with van der Waals surface area (Å²) in [5, 5.41) is 2.89. The Kier molecular flexibility index (Phi) is 6.60. The summed E-state index contributed by atoms with van der Waals surface area (Å²) in [6, 6.07) is 5.96. The standard InChI is InChI=1S/C20H25FN2O4/c1-5-14-16(20(25)27-11(3)4)15(12-9-7-8-10-13(12)21)17(18(22)23-14)19(24)26-6-2/h7-11,15,23H,5-6,22H2,1-4H3. The molecule has 0 bridgehead atoms. The minimum atomic E-state index is -1.02. The highest BCUT2D eigenvalue weighted by atomic mass is 19.1. The Labute approximate surface area is 158 Å². The lowest BCUT2D eigenvalue weighted by molar-refractivity contribution is -0.143. The molecule has 0 saturated carbocycles. The Morgan fingerprint density at radius 2 is 1.85 bits per heavy atom. The number of esters is 2. The third kappa shape index (κ3) is 4.30. The van der Waals surface area contributed by atoms with E-state index in [1.54, 1.807) is 26.8 Å².